The van der Waals surface area contributed by atoms with Crippen LogP contribution in [0, 0.1) is 0 Å². The van der Waals surface area contributed by atoms with E-state index in [1.807, 2.05) is 13.0 Å². The van der Waals surface area contributed by atoms with Crippen molar-refractivity contribution in [3.05, 3.63) is 29.3 Å². The quantitative estimate of drug-likeness (QED) is 0.754. The van der Waals surface area contributed by atoms with Gasteiger partial charge in [-0.25, -0.2) is 0 Å². The first-order valence-corrected chi connectivity index (χ1v) is 7.22. The van der Waals surface area contributed by atoms with E-state index in [4.69, 9.17) is 14.2 Å². The Balaban J connectivity index is 1.93. The average molecular weight is 279 g/mol. The van der Waals surface area contributed by atoms with Gasteiger partial charge in [0.15, 0.2) is 0 Å². The highest BCUT2D eigenvalue weighted by Crippen LogP contribution is 2.23. The van der Waals surface area contributed by atoms with E-state index in [0.717, 1.165) is 23.9 Å². The first-order valence-electron chi connectivity index (χ1n) is 7.22. The number of ether oxygens (including phenoxy) is 3. The van der Waals surface area contributed by atoms with Gasteiger partial charge in [-0.2, -0.15) is 0 Å². The second kappa shape index (κ2) is 7.62. The van der Waals surface area contributed by atoms with Crippen LogP contribution in [0.3, 0.4) is 0 Å². The molecule has 20 heavy (non-hydrogen) atoms. The van der Waals surface area contributed by atoms with Crippen molar-refractivity contribution in [3.8, 4) is 5.75 Å². The molecule has 0 aliphatic heterocycles. The predicted octanol–water partition coefficient (Wildman–Crippen LogP) is 2.50. The second-order valence-corrected chi connectivity index (χ2v) is 5.38. The summed E-state index contributed by atoms with van der Waals surface area (Å²) in [7, 11) is 3.38. The van der Waals surface area contributed by atoms with E-state index in [9.17, 15) is 0 Å². The van der Waals surface area contributed by atoms with Gasteiger partial charge in [-0.15, -0.1) is 0 Å². The molecule has 0 amide bonds. The Morgan fingerprint density at radius 3 is 2.75 bits per heavy atom. The summed E-state index contributed by atoms with van der Waals surface area (Å²) in [6.07, 6.45) is 2.69. The van der Waals surface area contributed by atoms with E-state index in [1.165, 1.54) is 18.4 Å². The van der Waals surface area contributed by atoms with Gasteiger partial charge in [-0.3, -0.25) is 0 Å². The van der Waals surface area contributed by atoms with Crippen LogP contribution in [0.5, 0.6) is 5.75 Å². The lowest BCUT2D eigenvalue weighted by molar-refractivity contribution is -0.000756. The molecule has 1 aromatic carbocycles. The Kier molecular flexibility index (Phi) is 5.83. The molecule has 0 heterocycles. The van der Waals surface area contributed by atoms with Crippen molar-refractivity contribution < 1.29 is 14.2 Å². The molecule has 1 N–H and O–H groups in total. The van der Waals surface area contributed by atoms with Gasteiger partial charge in [-0.05, 0) is 37.5 Å². The fourth-order valence-electron chi connectivity index (χ4n) is 2.12. The van der Waals surface area contributed by atoms with Crippen LogP contribution in [0.1, 0.15) is 30.9 Å². The monoisotopic (exact) mass is 279 g/mol. The van der Waals surface area contributed by atoms with E-state index < -0.39 is 0 Å². The minimum Gasteiger partial charge on any atom is -0.496 e. The van der Waals surface area contributed by atoms with Crippen LogP contribution < -0.4 is 10.1 Å². The van der Waals surface area contributed by atoms with Crippen LogP contribution in [0.15, 0.2) is 18.2 Å². The van der Waals surface area contributed by atoms with Crippen molar-refractivity contribution in [2.45, 2.75) is 45.1 Å². The van der Waals surface area contributed by atoms with Gasteiger partial charge in [0.1, 0.15) is 5.75 Å². The summed E-state index contributed by atoms with van der Waals surface area (Å²) in [4.78, 5) is 0. The third-order valence-electron chi connectivity index (χ3n) is 3.44. The number of rotatable bonds is 9. The van der Waals surface area contributed by atoms with Gasteiger partial charge in [0, 0.05) is 25.3 Å². The molecule has 1 unspecified atom stereocenters. The molecule has 4 nitrogen and oxygen atoms in total. The second-order valence-electron chi connectivity index (χ2n) is 5.38. The number of nitrogens with one attached hydrogen (secondary N) is 1. The summed E-state index contributed by atoms with van der Waals surface area (Å²) < 4.78 is 16.3. The third kappa shape index (κ3) is 4.78. The van der Waals surface area contributed by atoms with Crippen molar-refractivity contribution in [2.24, 2.45) is 0 Å². The van der Waals surface area contributed by atoms with Crippen LogP contribution in [0.25, 0.3) is 0 Å². The number of hydrogen-bond donors (Lipinski definition) is 1. The maximum atomic E-state index is 5.78. The highest BCUT2D eigenvalue weighted by Gasteiger charge is 2.20. The van der Waals surface area contributed by atoms with Crippen molar-refractivity contribution in [3.63, 3.8) is 0 Å². The zero-order valence-corrected chi connectivity index (χ0v) is 12.6. The highest BCUT2D eigenvalue weighted by atomic mass is 16.5. The van der Waals surface area contributed by atoms with Gasteiger partial charge in [0.2, 0.25) is 0 Å². The van der Waals surface area contributed by atoms with E-state index in [1.54, 1.807) is 14.2 Å². The van der Waals surface area contributed by atoms with Gasteiger partial charge in [0.05, 0.1) is 26.4 Å². The molecule has 1 aliphatic carbocycles. The van der Waals surface area contributed by atoms with Gasteiger partial charge < -0.3 is 19.5 Å². The summed E-state index contributed by atoms with van der Waals surface area (Å²) in [5.74, 6) is 0.879. The molecule has 112 valence electrons. The summed E-state index contributed by atoms with van der Waals surface area (Å²) in [6.45, 7) is 4.07. The number of hydrogen-bond acceptors (Lipinski definition) is 4. The first kappa shape index (κ1) is 15.3. The van der Waals surface area contributed by atoms with Gasteiger partial charge in [0.25, 0.3) is 0 Å². The summed E-state index contributed by atoms with van der Waals surface area (Å²) in [5, 5.41) is 3.52. The molecular formula is C16H25NO3. The molecule has 0 saturated heterocycles. The molecule has 1 atom stereocenters. The zero-order chi connectivity index (χ0) is 14.4. The van der Waals surface area contributed by atoms with Crippen LogP contribution in [0.4, 0.5) is 0 Å². The molecule has 1 aliphatic rings. The molecule has 0 radical (unpaired) electrons. The number of methoxy groups -OCH3 is 2. The molecular weight excluding hydrogens is 254 g/mol. The van der Waals surface area contributed by atoms with Gasteiger partial charge >= 0.3 is 0 Å². The lowest BCUT2D eigenvalue weighted by Gasteiger charge is -2.15. The van der Waals surface area contributed by atoms with E-state index in [0.29, 0.717) is 13.2 Å². The highest BCUT2D eigenvalue weighted by molar-refractivity contribution is 5.37. The molecule has 1 saturated carbocycles. The zero-order valence-electron chi connectivity index (χ0n) is 12.6. The molecule has 1 aromatic rings. The molecule has 1 fully saturated rings. The van der Waals surface area contributed by atoms with Crippen molar-refractivity contribution in [1.82, 2.24) is 5.32 Å². The third-order valence-corrected chi connectivity index (χ3v) is 3.44. The fourth-order valence-corrected chi connectivity index (χ4v) is 2.12. The standard InChI is InChI=1S/C16H25NO3/c1-12(10-18-2)20-11-14-8-13(4-7-16(14)19-3)9-17-15-5-6-15/h4,7-8,12,15,17H,5-6,9-11H2,1-3H3. The Bertz CT molecular complexity index is 418. The van der Waals surface area contributed by atoms with E-state index in [2.05, 4.69) is 17.4 Å². The van der Waals surface area contributed by atoms with Crippen LogP contribution in [-0.4, -0.2) is 33.0 Å². The average Bonchev–Trinajstić information content (AvgIpc) is 3.27. The molecule has 0 aromatic heterocycles. The SMILES string of the molecule is COCC(C)OCc1cc(CNC2CC2)ccc1OC. The molecule has 2 rings (SSSR count). The predicted molar refractivity (Wildman–Crippen MR) is 79.0 cm³/mol. The Morgan fingerprint density at radius 1 is 1.30 bits per heavy atom. The Hall–Kier alpha value is -1.10. The van der Waals surface area contributed by atoms with E-state index in [-0.39, 0.29) is 6.10 Å². The smallest absolute Gasteiger partial charge is 0.124 e. The molecule has 0 bridgehead atoms. The fraction of sp³-hybridized carbons (Fsp3) is 0.625. The Morgan fingerprint density at radius 2 is 2.10 bits per heavy atom. The summed E-state index contributed by atoms with van der Waals surface area (Å²) in [6, 6.07) is 7.01. The maximum Gasteiger partial charge on any atom is 0.124 e. The van der Waals surface area contributed by atoms with Gasteiger partial charge in [-0.1, -0.05) is 6.07 Å². The number of benzene rings is 1. The summed E-state index contributed by atoms with van der Waals surface area (Å²) >= 11 is 0. The van der Waals surface area contributed by atoms with Crippen molar-refractivity contribution in [2.75, 3.05) is 20.8 Å². The molecule has 0 spiro atoms. The van der Waals surface area contributed by atoms with Crippen LogP contribution in [-0.2, 0) is 22.6 Å². The van der Waals surface area contributed by atoms with Crippen molar-refractivity contribution >= 4 is 0 Å². The van der Waals surface area contributed by atoms with Crippen molar-refractivity contribution in [1.29, 1.82) is 0 Å². The largest absolute Gasteiger partial charge is 0.496 e. The topological polar surface area (TPSA) is 39.7 Å². The maximum absolute atomic E-state index is 5.78. The van der Waals surface area contributed by atoms with Crippen LogP contribution in [0.2, 0.25) is 0 Å². The van der Waals surface area contributed by atoms with Crippen LogP contribution >= 0.6 is 0 Å². The lowest BCUT2D eigenvalue weighted by atomic mass is 10.1. The first-order chi connectivity index (χ1) is 9.72. The lowest BCUT2D eigenvalue weighted by Crippen LogP contribution is -2.16. The van der Waals surface area contributed by atoms with E-state index >= 15 is 0 Å². The minimum atomic E-state index is 0.0814. The minimum absolute atomic E-state index is 0.0814. The summed E-state index contributed by atoms with van der Waals surface area (Å²) in [5.41, 5.74) is 2.36. The Labute approximate surface area is 121 Å². The molecule has 4 heteroatoms. The normalized spacial score (nSPS) is 16.1.